The lowest BCUT2D eigenvalue weighted by molar-refractivity contribution is -0.152. The molecule has 2 heterocycles. The smallest absolute Gasteiger partial charge is 0.328 e. The number of hydrogen-bond donors (Lipinski definition) is 0. The molecule has 2 aromatic carbocycles. The lowest BCUT2D eigenvalue weighted by Gasteiger charge is -2.34. The Bertz CT molecular complexity index is 1140. The normalized spacial score (nSPS) is 15.4. The third-order valence-electron chi connectivity index (χ3n) is 5.36. The molecule has 4 rings (SSSR count). The summed E-state index contributed by atoms with van der Waals surface area (Å²) < 4.78 is 10.7. The van der Waals surface area contributed by atoms with Gasteiger partial charge in [-0.25, -0.2) is 9.78 Å². The lowest BCUT2D eigenvalue weighted by Crippen LogP contribution is -2.48. The number of rotatable bonds is 6. The number of benzene rings is 2. The van der Waals surface area contributed by atoms with Crippen LogP contribution in [0.2, 0.25) is 0 Å². The summed E-state index contributed by atoms with van der Waals surface area (Å²) in [5, 5.41) is 3.00. The van der Waals surface area contributed by atoms with E-state index in [1.165, 1.54) is 13.2 Å². The quantitative estimate of drug-likeness (QED) is 0.418. The molecule has 0 bridgehead atoms. The first-order valence-electron chi connectivity index (χ1n) is 10.3. The second kappa shape index (κ2) is 9.78. The summed E-state index contributed by atoms with van der Waals surface area (Å²) in [4.78, 5) is 31.2. The number of nitrogens with zero attached hydrogens (tertiary/aromatic N) is 2. The van der Waals surface area contributed by atoms with Crippen molar-refractivity contribution < 1.29 is 19.1 Å². The number of hydrogen-bond acceptors (Lipinski definition) is 6. The van der Waals surface area contributed by atoms with E-state index in [4.69, 9.17) is 9.47 Å². The fraction of sp³-hybridized carbons (Fsp3) is 0.240. The van der Waals surface area contributed by atoms with Crippen LogP contribution in [-0.4, -0.2) is 34.9 Å². The van der Waals surface area contributed by atoms with Gasteiger partial charge >= 0.3 is 5.97 Å². The molecule has 0 spiro atoms. The average Bonchev–Trinajstić information content (AvgIpc) is 3.25. The molecular weight excluding hydrogens is 424 g/mol. The molecule has 1 aliphatic heterocycles. The second-order valence-corrected chi connectivity index (χ2v) is 8.59. The molecule has 0 aliphatic carbocycles. The Hall–Kier alpha value is -3.45. The van der Waals surface area contributed by atoms with Crippen molar-refractivity contribution in [1.82, 2.24) is 9.88 Å². The standard InChI is InChI=1S/C25H24N2O4S/c1-17-26-21(16-32-17)15-31-22-10-7-18(8-11-22)9-12-24(28)27-14-20-6-4-3-5-19(20)13-23(27)25(29)30-2/h3-12,16,23H,13-15H2,1-2H3/b12-9+. The molecule has 32 heavy (non-hydrogen) atoms. The summed E-state index contributed by atoms with van der Waals surface area (Å²) >= 11 is 1.60. The van der Waals surface area contributed by atoms with Crippen molar-refractivity contribution in [1.29, 1.82) is 0 Å². The fourth-order valence-corrected chi connectivity index (χ4v) is 4.27. The molecule has 1 aliphatic rings. The third kappa shape index (κ3) is 5.06. The van der Waals surface area contributed by atoms with Crippen molar-refractivity contribution >= 4 is 29.3 Å². The maximum Gasteiger partial charge on any atom is 0.328 e. The van der Waals surface area contributed by atoms with E-state index in [1.54, 1.807) is 22.3 Å². The number of aryl methyl sites for hydroxylation is 1. The average molecular weight is 449 g/mol. The highest BCUT2D eigenvalue weighted by Crippen LogP contribution is 2.25. The molecule has 0 N–H and O–H groups in total. The van der Waals surface area contributed by atoms with Gasteiger partial charge in [0.15, 0.2) is 0 Å². The number of fused-ring (bicyclic) bond motifs is 1. The molecule has 1 unspecified atom stereocenters. The Balaban J connectivity index is 1.41. The predicted molar refractivity (Wildman–Crippen MR) is 123 cm³/mol. The molecule has 0 saturated carbocycles. The van der Waals surface area contributed by atoms with Gasteiger partial charge in [-0.05, 0) is 41.8 Å². The highest BCUT2D eigenvalue weighted by molar-refractivity contribution is 7.09. The largest absolute Gasteiger partial charge is 0.487 e. The molecule has 1 aromatic heterocycles. The van der Waals surface area contributed by atoms with Crippen LogP contribution in [0.4, 0.5) is 0 Å². The van der Waals surface area contributed by atoms with Crippen molar-refractivity contribution in [2.24, 2.45) is 0 Å². The highest BCUT2D eigenvalue weighted by Gasteiger charge is 2.34. The zero-order chi connectivity index (χ0) is 22.5. The van der Waals surface area contributed by atoms with Gasteiger partial charge in [-0.2, -0.15) is 0 Å². The number of carbonyl (C=O) groups is 2. The van der Waals surface area contributed by atoms with Crippen LogP contribution in [0.5, 0.6) is 5.75 Å². The molecule has 0 radical (unpaired) electrons. The lowest BCUT2D eigenvalue weighted by atomic mass is 9.94. The number of methoxy groups -OCH3 is 1. The Kier molecular flexibility index (Phi) is 6.66. The monoisotopic (exact) mass is 448 g/mol. The van der Waals surface area contributed by atoms with Gasteiger partial charge in [0.1, 0.15) is 18.4 Å². The molecule has 164 valence electrons. The van der Waals surface area contributed by atoms with E-state index in [1.807, 2.05) is 60.8 Å². The van der Waals surface area contributed by atoms with Crippen LogP contribution >= 0.6 is 11.3 Å². The van der Waals surface area contributed by atoms with Crippen LogP contribution < -0.4 is 4.74 Å². The third-order valence-corrected chi connectivity index (χ3v) is 6.18. The number of aromatic nitrogens is 1. The van der Waals surface area contributed by atoms with E-state index in [0.29, 0.717) is 19.6 Å². The minimum absolute atomic E-state index is 0.228. The molecule has 0 saturated heterocycles. The van der Waals surface area contributed by atoms with Crippen molar-refractivity contribution in [3.63, 3.8) is 0 Å². The minimum Gasteiger partial charge on any atom is -0.487 e. The predicted octanol–water partition coefficient (Wildman–Crippen LogP) is 4.17. The Morgan fingerprint density at radius 3 is 2.59 bits per heavy atom. The van der Waals surface area contributed by atoms with Crippen LogP contribution in [0.25, 0.3) is 6.08 Å². The first-order valence-corrected chi connectivity index (χ1v) is 11.2. The van der Waals surface area contributed by atoms with Gasteiger partial charge in [-0.1, -0.05) is 36.4 Å². The van der Waals surface area contributed by atoms with E-state index >= 15 is 0 Å². The van der Waals surface area contributed by atoms with Crippen molar-refractivity contribution in [3.8, 4) is 5.75 Å². The fourth-order valence-electron chi connectivity index (χ4n) is 3.67. The molecule has 7 heteroatoms. The van der Waals surface area contributed by atoms with E-state index in [0.717, 1.165) is 33.1 Å². The SMILES string of the molecule is COC(=O)C1Cc2ccccc2CN1C(=O)/C=C/c1ccc(OCc2csc(C)n2)cc1. The van der Waals surface area contributed by atoms with Gasteiger partial charge in [0.25, 0.3) is 0 Å². The maximum atomic E-state index is 12.9. The Labute approximate surface area is 191 Å². The highest BCUT2D eigenvalue weighted by atomic mass is 32.1. The van der Waals surface area contributed by atoms with E-state index in [9.17, 15) is 9.59 Å². The molecule has 1 amide bonds. The van der Waals surface area contributed by atoms with Gasteiger partial charge in [0.05, 0.1) is 17.8 Å². The summed E-state index contributed by atoms with van der Waals surface area (Å²) in [6, 6.07) is 14.7. The van der Waals surface area contributed by atoms with Crippen LogP contribution in [0.1, 0.15) is 27.4 Å². The first kappa shape index (κ1) is 21.8. The summed E-state index contributed by atoms with van der Waals surface area (Å²) in [7, 11) is 1.35. The van der Waals surface area contributed by atoms with Crippen molar-refractivity contribution in [2.75, 3.05) is 7.11 Å². The first-order chi connectivity index (χ1) is 15.5. The van der Waals surface area contributed by atoms with E-state index < -0.39 is 12.0 Å². The number of ether oxygens (including phenoxy) is 2. The zero-order valence-corrected chi connectivity index (χ0v) is 18.8. The molecule has 0 fully saturated rings. The second-order valence-electron chi connectivity index (χ2n) is 7.53. The van der Waals surface area contributed by atoms with Gasteiger partial charge in [0, 0.05) is 24.4 Å². The summed E-state index contributed by atoms with van der Waals surface area (Å²) in [5.74, 6) is 0.102. The van der Waals surface area contributed by atoms with E-state index in [-0.39, 0.29) is 5.91 Å². The number of carbonyl (C=O) groups excluding carboxylic acids is 2. The van der Waals surface area contributed by atoms with Gasteiger partial charge < -0.3 is 14.4 Å². The number of thiazole rings is 1. The maximum absolute atomic E-state index is 12.9. The number of amides is 1. The van der Waals surface area contributed by atoms with Crippen molar-refractivity contribution in [3.05, 3.63) is 87.4 Å². The molecular formula is C25H24N2O4S. The number of esters is 1. The molecule has 1 atom stereocenters. The van der Waals surface area contributed by atoms with Gasteiger partial charge in [0.2, 0.25) is 5.91 Å². The van der Waals surface area contributed by atoms with Crippen LogP contribution in [0.3, 0.4) is 0 Å². The van der Waals surface area contributed by atoms with Gasteiger partial charge in [-0.3, -0.25) is 4.79 Å². The van der Waals surface area contributed by atoms with Crippen LogP contribution in [-0.2, 0) is 33.9 Å². The minimum atomic E-state index is -0.628. The van der Waals surface area contributed by atoms with E-state index in [2.05, 4.69) is 4.98 Å². The zero-order valence-electron chi connectivity index (χ0n) is 18.0. The van der Waals surface area contributed by atoms with Crippen molar-refractivity contribution in [2.45, 2.75) is 32.5 Å². The summed E-state index contributed by atoms with van der Waals surface area (Å²) in [5.41, 5.74) is 3.89. The summed E-state index contributed by atoms with van der Waals surface area (Å²) in [6.45, 7) is 2.76. The van der Waals surface area contributed by atoms with Gasteiger partial charge in [-0.15, -0.1) is 11.3 Å². The summed E-state index contributed by atoms with van der Waals surface area (Å²) in [6.07, 6.45) is 3.69. The van der Waals surface area contributed by atoms with Crippen LogP contribution in [0.15, 0.2) is 60.0 Å². The molecule has 6 nitrogen and oxygen atoms in total. The topological polar surface area (TPSA) is 68.7 Å². The molecule has 3 aromatic rings. The Morgan fingerprint density at radius 2 is 1.91 bits per heavy atom. The van der Waals surface area contributed by atoms with Crippen LogP contribution in [0, 0.1) is 6.92 Å². The Morgan fingerprint density at radius 1 is 1.16 bits per heavy atom.